The van der Waals surface area contributed by atoms with E-state index in [2.05, 4.69) is 0 Å². The van der Waals surface area contributed by atoms with Crippen molar-refractivity contribution in [2.24, 2.45) is 0 Å². The third-order valence-corrected chi connectivity index (χ3v) is 0. The molecular weight excluding hydrogens is 244 g/mol. The summed E-state index contributed by atoms with van der Waals surface area (Å²) in [5.74, 6) is 0. The van der Waals surface area contributed by atoms with Crippen LogP contribution in [0.15, 0.2) is 0 Å². The van der Waals surface area contributed by atoms with Gasteiger partial charge in [-0.2, -0.15) is 0 Å². The van der Waals surface area contributed by atoms with E-state index in [1.54, 1.807) is 48.5 Å². The standard InChI is InChI=1S/3C3H7O.C2H5O.Ti/c3*1-3(2)4;1-2-3;/h3*3H,1-2H3;2H2,1H3;/q4*-1;+4. The molecule has 0 unspecified atom stereocenters. The van der Waals surface area contributed by atoms with Crippen LogP contribution in [0.2, 0.25) is 0 Å². The minimum atomic E-state index is -0.417. The van der Waals surface area contributed by atoms with Gasteiger partial charge in [0.2, 0.25) is 0 Å². The Bertz CT molecular complexity index is 55.9. The molecule has 98 valence electrons. The van der Waals surface area contributed by atoms with E-state index < -0.39 is 18.3 Å². The van der Waals surface area contributed by atoms with Crippen molar-refractivity contribution in [3.63, 3.8) is 0 Å². The molecule has 0 aromatic rings. The first-order valence-electron chi connectivity index (χ1n) is 5.17. The van der Waals surface area contributed by atoms with Crippen molar-refractivity contribution in [3.8, 4) is 0 Å². The summed E-state index contributed by atoms with van der Waals surface area (Å²) in [6.07, 6.45) is -1.25. The molecule has 0 saturated heterocycles. The summed E-state index contributed by atoms with van der Waals surface area (Å²) in [5, 5.41) is 37.5. The minimum absolute atomic E-state index is 0. The molecule has 0 heterocycles. The SMILES string of the molecule is CC(C)[O-].CC(C)[O-].CC(C)[O-].CC[O-].[Ti+4]. The van der Waals surface area contributed by atoms with Crippen LogP contribution in [0.1, 0.15) is 48.5 Å². The first-order valence-corrected chi connectivity index (χ1v) is 5.17. The quantitative estimate of drug-likeness (QED) is 0.508. The molecular formula is C11H26O4Ti. The smallest absolute Gasteiger partial charge is 0.855 e. The second-order valence-corrected chi connectivity index (χ2v) is 3.43. The molecule has 0 aliphatic rings. The fourth-order valence-corrected chi connectivity index (χ4v) is 0. The van der Waals surface area contributed by atoms with Crippen molar-refractivity contribution in [2.75, 3.05) is 6.61 Å². The van der Waals surface area contributed by atoms with Gasteiger partial charge in [-0.3, -0.25) is 0 Å². The Kier molecular flexibility index (Phi) is 55.5. The first-order chi connectivity index (χ1) is 6.61. The normalized spacial score (nSPS) is 7.88. The van der Waals surface area contributed by atoms with E-state index in [0.29, 0.717) is 0 Å². The topological polar surface area (TPSA) is 92.2 Å². The monoisotopic (exact) mass is 270 g/mol. The largest absolute Gasteiger partial charge is 4.00 e. The molecule has 0 radical (unpaired) electrons. The van der Waals surface area contributed by atoms with Crippen molar-refractivity contribution >= 4 is 0 Å². The summed E-state index contributed by atoms with van der Waals surface area (Å²) in [7, 11) is 0. The molecule has 0 bridgehead atoms. The van der Waals surface area contributed by atoms with Gasteiger partial charge < -0.3 is 20.4 Å². The van der Waals surface area contributed by atoms with Gasteiger partial charge in [0.25, 0.3) is 0 Å². The molecule has 0 aromatic heterocycles. The summed E-state index contributed by atoms with van der Waals surface area (Å²) in [4.78, 5) is 0. The number of hydrogen-bond donors (Lipinski definition) is 0. The summed E-state index contributed by atoms with van der Waals surface area (Å²) >= 11 is 0. The van der Waals surface area contributed by atoms with Gasteiger partial charge in [-0.1, -0.05) is 48.5 Å². The van der Waals surface area contributed by atoms with Crippen LogP contribution in [-0.2, 0) is 21.7 Å². The van der Waals surface area contributed by atoms with E-state index >= 15 is 0 Å². The van der Waals surface area contributed by atoms with Crippen LogP contribution in [0, 0.1) is 0 Å². The van der Waals surface area contributed by atoms with E-state index in [-0.39, 0.29) is 28.3 Å². The molecule has 0 aliphatic heterocycles. The molecule has 0 aliphatic carbocycles. The van der Waals surface area contributed by atoms with Crippen LogP contribution < -0.4 is 20.4 Å². The average Bonchev–Trinajstić information content (AvgIpc) is 1.81. The molecule has 4 nitrogen and oxygen atoms in total. The van der Waals surface area contributed by atoms with Gasteiger partial charge in [-0.25, -0.2) is 0 Å². The zero-order chi connectivity index (χ0) is 13.4. The van der Waals surface area contributed by atoms with E-state index in [4.69, 9.17) is 5.11 Å². The maximum Gasteiger partial charge on any atom is 4.00 e. The van der Waals surface area contributed by atoms with E-state index in [0.717, 1.165) is 0 Å². The Morgan fingerprint density at radius 2 is 0.688 bits per heavy atom. The van der Waals surface area contributed by atoms with Crippen LogP contribution in [0.25, 0.3) is 0 Å². The van der Waals surface area contributed by atoms with Crippen LogP contribution in [0.3, 0.4) is 0 Å². The Morgan fingerprint density at radius 3 is 0.688 bits per heavy atom. The third kappa shape index (κ3) is 8700. The molecule has 0 saturated carbocycles. The van der Waals surface area contributed by atoms with Gasteiger partial charge in [0.1, 0.15) is 0 Å². The average molecular weight is 270 g/mol. The maximum atomic E-state index is 9.53. The molecule has 0 atom stereocenters. The van der Waals surface area contributed by atoms with Crippen molar-refractivity contribution < 1.29 is 42.1 Å². The van der Waals surface area contributed by atoms with Crippen molar-refractivity contribution in [2.45, 2.75) is 66.8 Å². The molecule has 0 spiro atoms. The van der Waals surface area contributed by atoms with Crippen LogP contribution >= 0.6 is 0 Å². The Morgan fingerprint density at radius 1 is 0.688 bits per heavy atom. The van der Waals surface area contributed by atoms with Crippen molar-refractivity contribution in [3.05, 3.63) is 0 Å². The van der Waals surface area contributed by atoms with Gasteiger partial charge in [-0.15, -0.1) is 24.9 Å². The molecule has 0 rings (SSSR count). The zero-order valence-electron chi connectivity index (χ0n) is 11.6. The second kappa shape index (κ2) is 29.6. The molecule has 5 heteroatoms. The fourth-order valence-electron chi connectivity index (χ4n) is 0. The number of hydrogen-bond acceptors (Lipinski definition) is 4. The Labute approximate surface area is 116 Å². The summed E-state index contributed by atoms with van der Waals surface area (Å²) in [6, 6.07) is 0. The summed E-state index contributed by atoms with van der Waals surface area (Å²) in [6.45, 7) is 11.2. The summed E-state index contributed by atoms with van der Waals surface area (Å²) in [5.41, 5.74) is 0. The van der Waals surface area contributed by atoms with Gasteiger partial charge in [0.05, 0.1) is 0 Å². The number of rotatable bonds is 0. The summed E-state index contributed by atoms with van der Waals surface area (Å²) < 4.78 is 0. The van der Waals surface area contributed by atoms with Crippen molar-refractivity contribution in [1.82, 2.24) is 0 Å². The van der Waals surface area contributed by atoms with Crippen LogP contribution in [0.4, 0.5) is 0 Å². The second-order valence-electron chi connectivity index (χ2n) is 3.43. The third-order valence-electron chi connectivity index (χ3n) is 0. The van der Waals surface area contributed by atoms with E-state index in [1.807, 2.05) is 0 Å². The first kappa shape index (κ1) is 30.0. The molecule has 0 amide bonds. The fraction of sp³-hybridized carbons (Fsp3) is 1.00. The van der Waals surface area contributed by atoms with Gasteiger partial charge in [0, 0.05) is 0 Å². The molecule has 0 aromatic carbocycles. The van der Waals surface area contributed by atoms with Crippen LogP contribution in [0.5, 0.6) is 0 Å². The van der Waals surface area contributed by atoms with Crippen LogP contribution in [-0.4, -0.2) is 24.9 Å². The predicted molar refractivity (Wildman–Crippen MR) is 55.9 cm³/mol. The zero-order valence-corrected chi connectivity index (χ0v) is 13.1. The Balaban J connectivity index is -0.0000000331. The molecule has 0 fully saturated rings. The van der Waals surface area contributed by atoms with Gasteiger partial charge in [0.15, 0.2) is 0 Å². The minimum Gasteiger partial charge on any atom is -0.855 e. The van der Waals surface area contributed by atoms with E-state index in [1.165, 1.54) is 0 Å². The predicted octanol–water partition coefficient (Wildman–Crippen LogP) is -1.37. The Hall–Kier alpha value is 0.554. The van der Waals surface area contributed by atoms with E-state index in [9.17, 15) is 15.3 Å². The van der Waals surface area contributed by atoms with Crippen molar-refractivity contribution in [1.29, 1.82) is 0 Å². The van der Waals surface area contributed by atoms with Gasteiger partial charge >= 0.3 is 21.7 Å². The molecule has 16 heavy (non-hydrogen) atoms. The molecule has 0 N–H and O–H groups in total. The maximum absolute atomic E-state index is 9.53. The van der Waals surface area contributed by atoms with Gasteiger partial charge in [-0.05, 0) is 0 Å².